The minimum Gasteiger partial charge on any atom is -0.492 e. The van der Waals surface area contributed by atoms with Gasteiger partial charge in [0.2, 0.25) is 5.91 Å². The first-order chi connectivity index (χ1) is 12.2. The van der Waals surface area contributed by atoms with Crippen LogP contribution in [-0.2, 0) is 11.2 Å². The maximum absolute atomic E-state index is 12.9. The lowest BCUT2D eigenvalue weighted by Gasteiger charge is -2.38. The van der Waals surface area contributed by atoms with Gasteiger partial charge in [0.05, 0.1) is 16.6 Å². The Balaban J connectivity index is 1.38. The molecule has 2 heterocycles. The number of hydrogen-bond acceptors (Lipinski definition) is 3. The van der Waals surface area contributed by atoms with E-state index in [0.29, 0.717) is 6.61 Å². The van der Waals surface area contributed by atoms with Gasteiger partial charge in [-0.25, -0.2) is 0 Å². The van der Waals surface area contributed by atoms with Gasteiger partial charge in [-0.15, -0.1) is 0 Å². The van der Waals surface area contributed by atoms with Crippen molar-refractivity contribution >= 4 is 23.2 Å². The smallest absolute Gasteiger partial charge is 0.229 e. The molecule has 4 nitrogen and oxygen atoms in total. The van der Waals surface area contributed by atoms with E-state index in [1.165, 1.54) is 0 Å². The van der Waals surface area contributed by atoms with Crippen LogP contribution in [0.3, 0.4) is 0 Å². The van der Waals surface area contributed by atoms with Gasteiger partial charge in [-0.05, 0) is 30.2 Å². The molecule has 5 heteroatoms. The van der Waals surface area contributed by atoms with Crippen molar-refractivity contribution in [1.82, 2.24) is 4.90 Å². The summed E-state index contributed by atoms with van der Waals surface area (Å²) in [5.41, 5.74) is 2.17. The first kappa shape index (κ1) is 16.3. The van der Waals surface area contributed by atoms with Crippen molar-refractivity contribution in [3.05, 3.63) is 59.1 Å². The Morgan fingerprint density at radius 2 is 1.72 bits per heavy atom. The fourth-order valence-corrected chi connectivity index (χ4v) is 3.88. The van der Waals surface area contributed by atoms with Crippen molar-refractivity contribution in [2.45, 2.75) is 6.42 Å². The molecule has 0 aliphatic carbocycles. The minimum absolute atomic E-state index is 0.0817. The van der Waals surface area contributed by atoms with Crippen LogP contribution in [0.5, 0.6) is 5.75 Å². The Morgan fingerprint density at radius 1 is 1.00 bits per heavy atom. The predicted octanol–water partition coefficient (Wildman–Crippen LogP) is 3.24. The minimum atomic E-state index is -0.0817. The molecule has 0 N–H and O–H groups in total. The van der Waals surface area contributed by atoms with Crippen LogP contribution in [0.15, 0.2) is 48.5 Å². The second kappa shape index (κ2) is 6.96. The quantitative estimate of drug-likeness (QED) is 0.828. The number of fused-ring (bicyclic) bond motifs is 1. The third-order valence-electron chi connectivity index (χ3n) is 5.01. The van der Waals surface area contributed by atoms with Gasteiger partial charge in [0.1, 0.15) is 12.4 Å². The highest BCUT2D eigenvalue weighted by atomic mass is 35.5. The number of halogens is 1. The number of carbonyl (C=O) groups excluding carboxylic acids is 1. The normalized spacial score (nSPS) is 20.0. The maximum atomic E-state index is 12.9. The van der Waals surface area contributed by atoms with Gasteiger partial charge in [0.15, 0.2) is 0 Å². The molecule has 1 amide bonds. The highest BCUT2D eigenvalue weighted by Gasteiger charge is 2.31. The molecule has 2 aromatic rings. The summed E-state index contributed by atoms with van der Waals surface area (Å²) in [6.07, 6.45) is 0.764. The summed E-state index contributed by atoms with van der Waals surface area (Å²) in [6.45, 7) is 3.53. The number of rotatable bonds is 2. The Bertz CT molecular complexity index is 772. The van der Waals surface area contributed by atoms with E-state index in [1.54, 1.807) is 0 Å². The number of carbonyl (C=O) groups is 1. The standard InChI is InChI=1S/C20H21ClN2O2/c21-17-6-2-3-7-18(17)22-9-11-23(12-10-22)20(24)16-13-15-5-1-4-8-19(15)25-14-16/h1-8,16H,9-14H2. The topological polar surface area (TPSA) is 32.8 Å². The van der Waals surface area contributed by atoms with E-state index in [2.05, 4.69) is 4.90 Å². The fraction of sp³-hybridized carbons (Fsp3) is 0.350. The molecule has 0 aromatic heterocycles. The average molecular weight is 357 g/mol. The molecule has 0 bridgehead atoms. The van der Waals surface area contributed by atoms with Crippen molar-refractivity contribution in [3.8, 4) is 5.75 Å². The summed E-state index contributed by atoms with van der Waals surface area (Å²) >= 11 is 6.29. The number of para-hydroxylation sites is 2. The van der Waals surface area contributed by atoms with Crippen LogP contribution in [0.4, 0.5) is 5.69 Å². The molecular formula is C20H21ClN2O2. The monoisotopic (exact) mass is 356 g/mol. The molecule has 2 aromatic carbocycles. The van der Waals surface area contributed by atoms with E-state index in [9.17, 15) is 4.79 Å². The summed E-state index contributed by atoms with van der Waals surface area (Å²) < 4.78 is 5.78. The van der Waals surface area contributed by atoms with Crippen molar-refractivity contribution in [3.63, 3.8) is 0 Å². The van der Waals surface area contributed by atoms with Crippen LogP contribution in [0.1, 0.15) is 5.56 Å². The zero-order valence-corrected chi connectivity index (χ0v) is 14.8. The van der Waals surface area contributed by atoms with E-state index in [0.717, 1.165) is 54.6 Å². The Kier molecular flexibility index (Phi) is 4.53. The van der Waals surface area contributed by atoms with Crippen LogP contribution in [-0.4, -0.2) is 43.6 Å². The van der Waals surface area contributed by atoms with Crippen molar-refractivity contribution in [2.24, 2.45) is 5.92 Å². The third kappa shape index (κ3) is 3.31. The van der Waals surface area contributed by atoms with E-state index in [-0.39, 0.29) is 11.8 Å². The number of nitrogens with zero attached hydrogens (tertiary/aromatic N) is 2. The van der Waals surface area contributed by atoms with Gasteiger partial charge < -0.3 is 14.5 Å². The zero-order valence-electron chi connectivity index (χ0n) is 14.0. The summed E-state index contributed by atoms with van der Waals surface area (Å²) in [7, 11) is 0. The predicted molar refractivity (Wildman–Crippen MR) is 99.4 cm³/mol. The number of ether oxygens (including phenoxy) is 1. The molecule has 0 spiro atoms. The van der Waals surface area contributed by atoms with Gasteiger partial charge in [0, 0.05) is 26.2 Å². The van der Waals surface area contributed by atoms with Gasteiger partial charge >= 0.3 is 0 Å². The molecule has 1 fully saturated rings. The van der Waals surface area contributed by atoms with E-state index < -0.39 is 0 Å². The lowest BCUT2D eigenvalue weighted by atomic mass is 9.95. The Morgan fingerprint density at radius 3 is 2.52 bits per heavy atom. The van der Waals surface area contributed by atoms with E-state index in [1.807, 2.05) is 53.4 Å². The molecule has 2 aliphatic heterocycles. The summed E-state index contributed by atoms with van der Waals surface area (Å²) in [5.74, 6) is 1.03. The molecule has 1 saturated heterocycles. The van der Waals surface area contributed by atoms with Gasteiger partial charge in [-0.2, -0.15) is 0 Å². The molecule has 25 heavy (non-hydrogen) atoms. The fourth-order valence-electron chi connectivity index (χ4n) is 3.62. The average Bonchev–Trinajstić information content (AvgIpc) is 2.67. The van der Waals surface area contributed by atoms with E-state index in [4.69, 9.17) is 16.3 Å². The van der Waals surface area contributed by atoms with Crippen LogP contribution in [0, 0.1) is 5.92 Å². The SMILES string of the molecule is O=C(C1COc2ccccc2C1)N1CCN(c2ccccc2Cl)CC1. The first-order valence-corrected chi connectivity index (χ1v) is 9.09. The second-order valence-electron chi connectivity index (χ2n) is 6.58. The van der Waals surface area contributed by atoms with Crippen molar-refractivity contribution in [1.29, 1.82) is 0 Å². The lowest BCUT2D eigenvalue weighted by molar-refractivity contribution is -0.137. The Hall–Kier alpha value is -2.20. The van der Waals surface area contributed by atoms with Crippen LogP contribution >= 0.6 is 11.6 Å². The van der Waals surface area contributed by atoms with Crippen LogP contribution in [0.2, 0.25) is 5.02 Å². The molecule has 130 valence electrons. The highest BCUT2D eigenvalue weighted by Crippen LogP contribution is 2.29. The lowest BCUT2D eigenvalue weighted by Crippen LogP contribution is -2.51. The van der Waals surface area contributed by atoms with Crippen LogP contribution < -0.4 is 9.64 Å². The number of anilines is 1. The molecule has 4 rings (SSSR count). The first-order valence-electron chi connectivity index (χ1n) is 8.71. The van der Waals surface area contributed by atoms with E-state index >= 15 is 0 Å². The summed E-state index contributed by atoms with van der Waals surface area (Å²) in [5, 5.41) is 0.763. The molecule has 0 radical (unpaired) electrons. The molecule has 1 unspecified atom stereocenters. The largest absolute Gasteiger partial charge is 0.492 e. The van der Waals surface area contributed by atoms with Crippen LogP contribution in [0.25, 0.3) is 0 Å². The molecule has 2 aliphatic rings. The van der Waals surface area contributed by atoms with Gasteiger partial charge in [0.25, 0.3) is 0 Å². The van der Waals surface area contributed by atoms with Gasteiger partial charge in [-0.1, -0.05) is 41.9 Å². The Labute approximate surface area is 152 Å². The maximum Gasteiger partial charge on any atom is 0.229 e. The molecule has 1 atom stereocenters. The molecule has 0 saturated carbocycles. The zero-order chi connectivity index (χ0) is 17.2. The molecular weight excluding hydrogens is 336 g/mol. The number of hydrogen-bond donors (Lipinski definition) is 0. The summed E-state index contributed by atoms with van der Waals surface area (Å²) in [6, 6.07) is 15.9. The third-order valence-corrected chi connectivity index (χ3v) is 5.33. The van der Waals surface area contributed by atoms with Crippen molar-refractivity contribution < 1.29 is 9.53 Å². The summed E-state index contributed by atoms with van der Waals surface area (Å²) in [4.78, 5) is 17.1. The number of piperazine rings is 1. The number of amides is 1. The highest BCUT2D eigenvalue weighted by molar-refractivity contribution is 6.33. The number of benzene rings is 2. The second-order valence-corrected chi connectivity index (χ2v) is 6.99. The van der Waals surface area contributed by atoms with Crippen molar-refractivity contribution in [2.75, 3.05) is 37.7 Å². The van der Waals surface area contributed by atoms with Gasteiger partial charge in [-0.3, -0.25) is 4.79 Å².